The van der Waals surface area contributed by atoms with E-state index in [-0.39, 0.29) is 46.0 Å². The Hall–Kier alpha value is -3.54. The van der Waals surface area contributed by atoms with Gasteiger partial charge in [0.05, 0.1) is 0 Å². The first kappa shape index (κ1) is 34.9. The van der Waals surface area contributed by atoms with Gasteiger partial charge in [0.2, 0.25) is 0 Å². The van der Waals surface area contributed by atoms with Crippen molar-refractivity contribution in [3.05, 3.63) is 70.4 Å². The standard InChI is InChI=1S/C44H56O6/c1-27(2)10-9-11-28(3)34-16-17-35-33-15-14-30-22-31(18-20-43(30,4)36(33)19-21-44(34,35)5)49-41(47)26-48-32-23-37(45)42-38(46)25-39(50-40(42)24-32)29-12-7-6-8-13-29/h6-8,12-14,23-25,27-28,31,33-36,45H,9-11,15-22,26H2,1-5H3/t28-,31-,33-,34+,35-,36-,43-,44+/m0/s1. The maximum atomic E-state index is 13.0. The van der Waals surface area contributed by atoms with Crippen LogP contribution >= 0.6 is 0 Å². The molecule has 3 fully saturated rings. The van der Waals surface area contributed by atoms with E-state index in [2.05, 4.69) is 40.7 Å². The van der Waals surface area contributed by atoms with Crippen molar-refractivity contribution in [1.82, 2.24) is 0 Å². The van der Waals surface area contributed by atoms with Crippen LogP contribution in [0.25, 0.3) is 22.3 Å². The monoisotopic (exact) mass is 680 g/mol. The number of ether oxygens (including phenoxy) is 2. The SMILES string of the molecule is CC(C)CCC[C@H](C)[C@H]1CC[C@H]2[C@@H]3CC=C4C[C@@H](OC(=O)COc5cc(O)c6c(=O)cc(-c7ccccc7)oc6c5)CC[C@]4(C)[C@H]3CC[C@]12C. The van der Waals surface area contributed by atoms with Crippen LogP contribution in [0.15, 0.2) is 69.4 Å². The summed E-state index contributed by atoms with van der Waals surface area (Å²) in [6.45, 7) is 12.1. The predicted octanol–water partition coefficient (Wildman–Crippen LogP) is 10.5. The minimum Gasteiger partial charge on any atom is -0.507 e. The van der Waals surface area contributed by atoms with Crippen LogP contribution in [0, 0.1) is 46.3 Å². The van der Waals surface area contributed by atoms with E-state index >= 15 is 0 Å². The van der Waals surface area contributed by atoms with Gasteiger partial charge < -0.3 is 19.0 Å². The second kappa shape index (κ2) is 13.9. The zero-order valence-corrected chi connectivity index (χ0v) is 30.7. The van der Waals surface area contributed by atoms with Crippen LogP contribution in [0.1, 0.15) is 105 Å². The summed E-state index contributed by atoms with van der Waals surface area (Å²) in [7, 11) is 0. The maximum absolute atomic E-state index is 13.0. The molecule has 3 saturated carbocycles. The first-order valence-corrected chi connectivity index (χ1v) is 19.3. The largest absolute Gasteiger partial charge is 0.507 e. The van der Waals surface area contributed by atoms with E-state index in [1.54, 1.807) is 6.07 Å². The van der Waals surface area contributed by atoms with E-state index < -0.39 is 5.97 Å². The highest BCUT2D eigenvalue weighted by Gasteiger charge is 2.59. The highest BCUT2D eigenvalue weighted by atomic mass is 16.6. The third-order valence-corrected chi connectivity index (χ3v) is 13.8. The number of aromatic hydroxyl groups is 1. The van der Waals surface area contributed by atoms with Crippen LogP contribution in [-0.2, 0) is 9.53 Å². The van der Waals surface area contributed by atoms with Gasteiger partial charge in [-0.15, -0.1) is 0 Å². The van der Waals surface area contributed by atoms with E-state index in [1.807, 2.05) is 30.3 Å². The number of benzene rings is 2. The summed E-state index contributed by atoms with van der Waals surface area (Å²) in [5.41, 5.74) is 2.76. The molecule has 8 atom stereocenters. The fourth-order valence-corrected chi connectivity index (χ4v) is 11.2. The molecule has 2 aromatic carbocycles. The highest BCUT2D eigenvalue weighted by Crippen LogP contribution is 2.67. The average molecular weight is 681 g/mol. The molecule has 0 radical (unpaired) electrons. The third-order valence-electron chi connectivity index (χ3n) is 13.8. The molecule has 0 unspecified atom stereocenters. The minimum absolute atomic E-state index is 0.0786. The molecule has 0 amide bonds. The summed E-state index contributed by atoms with van der Waals surface area (Å²) < 4.78 is 17.7. The number of hydrogen-bond acceptors (Lipinski definition) is 6. The molecule has 268 valence electrons. The van der Waals surface area contributed by atoms with Crippen LogP contribution in [-0.4, -0.2) is 23.8 Å². The van der Waals surface area contributed by atoms with Gasteiger partial charge >= 0.3 is 5.97 Å². The van der Waals surface area contributed by atoms with Crippen LogP contribution < -0.4 is 10.2 Å². The van der Waals surface area contributed by atoms with Crippen LogP contribution in [0.4, 0.5) is 0 Å². The Kier molecular flexibility index (Phi) is 9.69. The number of phenols is 1. The number of allylic oxidation sites excluding steroid dienone is 1. The van der Waals surface area contributed by atoms with E-state index in [1.165, 1.54) is 69.1 Å². The molecule has 6 nitrogen and oxygen atoms in total. The van der Waals surface area contributed by atoms with Crippen molar-refractivity contribution < 1.29 is 23.8 Å². The molecule has 1 aromatic heterocycles. The predicted molar refractivity (Wildman–Crippen MR) is 198 cm³/mol. The molecule has 1 N–H and O–H groups in total. The molecule has 6 heteroatoms. The smallest absolute Gasteiger partial charge is 0.344 e. The van der Waals surface area contributed by atoms with E-state index in [0.29, 0.717) is 11.2 Å². The number of rotatable bonds is 10. The lowest BCUT2D eigenvalue weighted by Gasteiger charge is -2.58. The van der Waals surface area contributed by atoms with Crippen LogP contribution in [0.2, 0.25) is 0 Å². The fraction of sp³-hybridized carbons (Fsp3) is 0.591. The lowest BCUT2D eigenvalue weighted by atomic mass is 9.47. The Morgan fingerprint density at radius 3 is 2.56 bits per heavy atom. The second-order valence-corrected chi connectivity index (χ2v) is 17.1. The zero-order valence-electron chi connectivity index (χ0n) is 30.7. The van der Waals surface area contributed by atoms with Crippen molar-refractivity contribution in [1.29, 1.82) is 0 Å². The van der Waals surface area contributed by atoms with Crippen molar-refractivity contribution in [3.63, 3.8) is 0 Å². The van der Waals surface area contributed by atoms with Crippen molar-refractivity contribution in [2.24, 2.45) is 46.3 Å². The summed E-state index contributed by atoms with van der Waals surface area (Å²) in [5.74, 6) is 4.75. The number of fused-ring (bicyclic) bond motifs is 6. The molecule has 7 rings (SSSR count). The van der Waals surface area contributed by atoms with E-state index in [9.17, 15) is 14.7 Å². The molecule has 0 spiro atoms. The minimum atomic E-state index is -0.431. The molecular formula is C44H56O6. The topological polar surface area (TPSA) is 86.0 Å². The number of phenolic OH excluding ortho intramolecular Hbond substituents is 1. The van der Waals surface area contributed by atoms with Crippen molar-refractivity contribution in [3.8, 4) is 22.8 Å². The third kappa shape index (κ3) is 6.52. The van der Waals surface area contributed by atoms with Gasteiger partial charge in [-0.05, 0) is 91.3 Å². The Balaban J connectivity index is 0.970. The van der Waals surface area contributed by atoms with Gasteiger partial charge in [0.1, 0.15) is 34.3 Å². The molecule has 0 bridgehead atoms. The first-order valence-electron chi connectivity index (χ1n) is 19.3. The van der Waals surface area contributed by atoms with Gasteiger partial charge in [-0.2, -0.15) is 0 Å². The lowest BCUT2D eigenvalue weighted by molar-refractivity contribution is -0.153. The summed E-state index contributed by atoms with van der Waals surface area (Å²) in [5, 5.41) is 10.7. The number of esters is 1. The molecule has 0 aliphatic heterocycles. The molecule has 4 aliphatic carbocycles. The van der Waals surface area contributed by atoms with Crippen LogP contribution in [0.5, 0.6) is 11.5 Å². The van der Waals surface area contributed by atoms with Crippen molar-refractivity contribution in [2.45, 2.75) is 111 Å². The van der Waals surface area contributed by atoms with Crippen LogP contribution in [0.3, 0.4) is 0 Å². The molecular weight excluding hydrogens is 624 g/mol. The fourth-order valence-electron chi connectivity index (χ4n) is 11.2. The van der Waals surface area contributed by atoms with Gasteiger partial charge in [-0.25, -0.2) is 4.79 Å². The van der Waals surface area contributed by atoms with Gasteiger partial charge in [-0.3, -0.25) is 4.79 Å². The normalized spacial score (nSPS) is 31.0. The summed E-state index contributed by atoms with van der Waals surface area (Å²) in [4.78, 5) is 25.8. The summed E-state index contributed by atoms with van der Waals surface area (Å²) >= 11 is 0. The van der Waals surface area contributed by atoms with E-state index in [0.717, 1.165) is 60.3 Å². The quantitative estimate of drug-likeness (QED) is 0.169. The number of hydrogen-bond donors (Lipinski definition) is 1. The molecule has 4 aliphatic rings. The number of carbonyl (C=O) groups is 1. The van der Waals surface area contributed by atoms with Crippen molar-refractivity contribution >= 4 is 16.9 Å². The van der Waals surface area contributed by atoms with Crippen molar-refractivity contribution in [2.75, 3.05) is 6.61 Å². The second-order valence-electron chi connectivity index (χ2n) is 17.1. The van der Waals surface area contributed by atoms with Gasteiger partial charge in [0.25, 0.3) is 0 Å². The molecule has 1 heterocycles. The molecule has 50 heavy (non-hydrogen) atoms. The summed E-state index contributed by atoms with van der Waals surface area (Å²) in [6.07, 6.45) is 15.8. The Morgan fingerprint density at radius 2 is 1.78 bits per heavy atom. The first-order chi connectivity index (χ1) is 24.0. The maximum Gasteiger partial charge on any atom is 0.344 e. The van der Waals surface area contributed by atoms with Gasteiger partial charge in [-0.1, -0.05) is 95.9 Å². The lowest BCUT2D eigenvalue weighted by Crippen LogP contribution is -2.51. The molecule has 0 saturated heterocycles. The highest BCUT2D eigenvalue weighted by molar-refractivity contribution is 5.86. The van der Waals surface area contributed by atoms with Gasteiger partial charge in [0.15, 0.2) is 12.0 Å². The van der Waals surface area contributed by atoms with E-state index in [4.69, 9.17) is 13.9 Å². The van der Waals surface area contributed by atoms with Gasteiger partial charge in [0, 0.05) is 30.2 Å². The molecule has 3 aromatic rings. The zero-order chi connectivity index (χ0) is 35.2. The number of carbonyl (C=O) groups excluding carboxylic acids is 1. The Bertz CT molecular complexity index is 1790. The Labute approximate surface area is 297 Å². The Morgan fingerprint density at radius 1 is 0.980 bits per heavy atom. The summed E-state index contributed by atoms with van der Waals surface area (Å²) in [6, 6.07) is 13.6. The average Bonchev–Trinajstić information content (AvgIpc) is 3.44.